The molecule has 0 aliphatic carbocycles. The van der Waals surface area contributed by atoms with Crippen molar-refractivity contribution in [3.8, 4) is 11.3 Å². The standard InChI is InChI=1S/C22H25N3O2/c1-4-16-10-12-17(13-11-16)20(25(2)3)15-23-22(26)19-14-21(27-24-19)18-8-6-5-7-9-18/h5-14,20H,4,15H2,1-3H3,(H,23,26). The zero-order valence-electron chi connectivity index (χ0n) is 16.0. The molecular formula is C22H25N3O2. The van der Waals surface area contributed by atoms with Gasteiger partial charge in [0.2, 0.25) is 0 Å². The van der Waals surface area contributed by atoms with E-state index in [0.717, 1.165) is 12.0 Å². The lowest BCUT2D eigenvalue weighted by Gasteiger charge is -2.25. The molecule has 1 N–H and O–H groups in total. The van der Waals surface area contributed by atoms with Crippen molar-refractivity contribution in [1.82, 2.24) is 15.4 Å². The Kier molecular flexibility index (Phi) is 6.04. The average molecular weight is 363 g/mol. The van der Waals surface area contributed by atoms with Gasteiger partial charge < -0.3 is 14.7 Å². The van der Waals surface area contributed by atoms with Crippen molar-refractivity contribution in [3.05, 3.63) is 77.5 Å². The number of aromatic nitrogens is 1. The van der Waals surface area contributed by atoms with Crippen LogP contribution in [0.15, 0.2) is 65.2 Å². The van der Waals surface area contributed by atoms with E-state index in [-0.39, 0.29) is 17.6 Å². The molecule has 140 valence electrons. The normalized spacial score (nSPS) is 12.1. The molecule has 3 rings (SSSR count). The summed E-state index contributed by atoms with van der Waals surface area (Å²) in [6.07, 6.45) is 1.01. The molecule has 0 radical (unpaired) electrons. The van der Waals surface area contributed by atoms with Gasteiger partial charge >= 0.3 is 0 Å². The zero-order chi connectivity index (χ0) is 19.2. The number of nitrogens with one attached hydrogen (secondary N) is 1. The summed E-state index contributed by atoms with van der Waals surface area (Å²) in [4.78, 5) is 14.6. The Morgan fingerprint density at radius 2 is 1.81 bits per heavy atom. The molecule has 2 aromatic carbocycles. The fourth-order valence-corrected chi connectivity index (χ4v) is 2.97. The van der Waals surface area contributed by atoms with Gasteiger partial charge in [-0.15, -0.1) is 0 Å². The predicted molar refractivity (Wildman–Crippen MR) is 107 cm³/mol. The quantitative estimate of drug-likeness (QED) is 0.691. The minimum Gasteiger partial charge on any atom is -0.355 e. The van der Waals surface area contributed by atoms with E-state index in [9.17, 15) is 4.79 Å². The summed E-state index contributed by atoms with van der Waals surface area (Å²) in [5.74, 6) is 0.345. The van der Waals surface area contributed by atoms with Gasteiger partial charge in [-0.2, -0.15) is 0 Å². The first-order chi connectivity index (χ1) is 13.1. The molecule has 0 bridgehead atoms. The molecule has 0 aliphatic rings. The van der Waals surface area contributed by atoms with Crippen molar-refractivity contribution in [3.63, 3.8) is 0 Å². The summed E-state index contributed by atoms with van der Waals surface area (Å²) < 4.78 is 5.32. The molecule has 1 unspecified atom stereocenters. The predicted octanol–water partition coefficient (Wildman–Crippen LogP) is 3.94. The lowest BCUT2D eigenvalue weighted by molar-refractivity contribution is 0.0933. The summed E-state index contributed by atoms with van der Waals surface area (Å²) in [6, 6.07) is 19.9. The van der Waals surface area contributed by atoms with E-state index in [1.54, 1.807) is 6.07 Å². The maximum absolute atomic E-state index is 12.5. The van der Waals surface area contributed by atoms with Crippen LogP contribution in [0.3, 0.4) is 0 Å². The van der Waals surface area contributed by atoms with Crippen LogP contribution in [0, 0.1) is 0 Å². The van der Waals surface area contributed by atoms with Crippen LogP contribution >= 0.6 is 0 Å². The van der Waals surface area contributed by atoms with Gasteiger partial charge in [-0.25, -0.2) is 0 Å². The number of amides is 1. The van der Waals surface area contributed by atoms with Gasteiger partial charge in [-0.1, -0.05) is 66.7 Å². The average Bonchev–Trinajstić information content (AvgIpc) is 3.19. The Bertz CT molecular complexity index is 870. The molecule has 27 heavy (non-hydrogen) atoms. The highest BCUT2D eigenvalue weighted by molar-refractivity contribution is 5.93. The van der Waals surface area contributed by atoms with Crippen LogP contribution in [0.5, 0.6) is 0 Å². The Hall–Kier alpha value is -2.92. The van der Waals surface area contributed by atoms with Crippen LogP contribution < -0.4 is 5.32 Å². The number of carbonyl (C=O) groups is 1. The van der Waals surface area contributed by atoms with Crippen LogP contribution in [0.2, 0.25) is 0 Å². The molecule has 0 saturated carbocycles. The van der Waals surface area contributed by atoms with E-state index in [1.807, 2.05) is 44.4 Å². The lowest BCUT2D eigenvalue weighted by Crippen LogP contribution is -2.34. The Morgan fingerprint density at radius 1 is 1.11 bits per heavy atom. The van der Waals surface area contributed by atoms with E-state index < -0.39 is 0 Å². The summed E-state index contributed by atoms with van der Waals surface area (Å²) in [6.45, 7) is 2.63. The van der Waals surface area contributed by atoms with Gasteiger partial charge in [0.25, 0.3) is 5.91 Å². The van der Waals surface area contributed by atoms with Gasteiger partial charge in [0.1, 0.15) is 0 Å². The second kappa shape index (κ2) is 8.64. The molecule has 5 nitrogen and oxygen atoms in total. The third-order valence-electron chi connectivity index (χ3n) is 4.65. The second-order valence-corrected chi connectivity index (χ2v) is 6.73. The SMILES string of the molecule is CCc1ccc(C(CNC(=O)c2cc(-c3ccccc3)on2)N(C)C)cc1. The van der Waals surface area contributed by atoms with Gasteiger partial charge in [-0.3, -0.25) is 4.79 Å². The van der Waals surface area contributed by atoms with Gasteiger partial charge in [0.05, 0.1) is 6.04 Å². The van der Waals surface area contributed by atoms with Crippen LogP contribution in [-0.2, 0) is 6.42 Å². The molecule has 1 amide bonds. The first kappa shape index (κ1) is 18.9. The Labute approximate surface area is 160 Å². The summed E-state index contributed by atoms with van der Waals surface area (Å²) in [5.41, 5.74) is 3.65. The van der Waals surface area contributed by atoms with E-state index in [0.29, 0.717) is 12.3 Å². The number of hydrogen-bond acceptors (Lipinski definition) is 4. The zero-order valence-corrected chi connectivity index (χ0v) is 16.0. The van der Waals surface area contributed by atoms with E-state index in [4.69, 9.17) is 4.52 Å². The van der Waals surface area contributed by atoms with Gasteiger partial charge in [0, 0.05) is 18.2 Å². The minimum atomic E-state index is -0.238. The topological polar surface area (TPSA) is 58.4 Å². The maximum Gasteiger partial charge on any atom is 0.273 e. The highest BCUT2D eigenvalue weighted by atomic mass is 16.5. The molecule has 0 saturated heterocycles. The molecular weight excluding hydrogens is 338 g/mol. The molecule has 3 aromatic rings. The molecule has 1 atom stereocenters. The third kappa shape index (κ3) is 4.63. The number of aryl methyl sites for hydroxylation is 1. The molecule has 1 heterocycles. The lowest BCUT2D eigenvalue weighted by atomic mass is 10.0. The fraction of sp³-hybridized carbons (Fsp3) is 0.273. The Morgan fingerprint density at radius 3 is 2.44 bits per heavy atom. The van der Waals surface area contributed by atoms with Crippen LogP contribution in [-0.4, -0.2) is 36.6 Å². The van der Waals surface area contributed by atoms with Crippen LogP contribution in [0.1, 0.15) is 34.6 Å². The molecule has 0 aliphatic heterocycles. The highest BCUT2D eigenvalue weighted by Gasteiger charge is 2.18. The van der Waals surface area contributed by atoms with Crippen molar-refractivity contribution in [2.24, 2.45) is 0 Å². The monoisotopic (exact) mass is 363 g/mol. The number of nitrogens with zero attached hydrogens (tertiary/aromatic N) is 2. The largest absolute Gasteiger partial charge is 0.355 e. The second-order valence-electron chi connectivity index (χ2n) is 6.73. The third-order valence-corrected chi connectivity index (χ3v) is 4.65. The molecule has 0 spiro atoms. The van der Waals surface area contributed by atoms with Gasteiger partial charge in [-0.05, 0) is 31.6 Å². The highest BCUT2D eigenvalue weighted by Crippen LogP contribution is 2.21. The fourth-order valence-electron chi connectivity index (χ4n) is 2.97. The van der Waals surface area contributed by atoms with Crippen molar-refractivity contribution in [1.29, 1.82) is 0 Å². The number of rotatable bonds is 7. The first-order valence-electron chi connectivity index (χ1n) is 9.14. The summed E-state index contributed by atoms with van der Waals surface area (Å²) >= 11 is 0. The summed E-state index contributed by atoms with van der Waals surface area (Å²) in [7, 11) is 4.02. The first-order valence-corrected chi connectivity index (χ1v) is 9.14. The maximum atomic E-state index is 12.5. The van der Waals surface area contributed by atoms with E-state index in [1.165, 1.54) is 11.1 Å². The summed E-state index contributed by atoms with van der Waals surface area (Å²) in [5, 5.41) is 6.88. The Balaban J connectivity index is 1.66. The number of hydrogen-bond donors (Lipinski definition) is 1. The molecule has 0 fully saturated rings. The van der Waals surface area contributed by atoms with Crippen LogP contribution in [0.4, 0.5) is 0 Å². The van der Waals surface area contributed by atoms with Crippen LogP contribution in [0.25, 0.3) is 11.3 Å². The number of benzene rings is 2. The molecule has 5 heteroatoms. The van der Waals surface area contributed by atoms with E-state index in [2.05, 4.69) is 46.6 Å². The van der Waals surface area contributed by atoms with Crippen molar-refractivity contribution in [2.45, 2.75) is 19.4 Å². The van der Waals surface area contributed by atoms with Crippen molar-refractivity contribution < 1.29 is 9.32 Å². The smallest absolute Gasteiger partial charge is 0.273 e. The van der Waals surface area contributed by atoms with Gasteiger partial charge in [0.15, 0.2) is 11.5 Å². The minimum absolute atomic E-state index is 0.0837. The number of likely N-dealkylation sites (N-methyl/N-ethyl adjacent to an activating group) is 1. The van der Waals surface area contributed by atoms with Crippen molar-refractivity contribution >= 4 is 5.91 Å². The molecule has 1 aromatic heterocycles. The van der Waals surface area contributed by atoms with Crippen molar-refractivity contribution in [2.75, 3.05) is 20.6 Å². The van der Waals surface area contributed by atoms with E-state index >= 15 is 0 Å². The number of carbonyl (C=O) groups excluding carboxylic acids is 1.